The number of alkyl halides is 3. The summed E-state index contributed by atoms with van der Waals surface area (Å²) in [6.07, 6.45) is -3.89. The van der Waals surface area contributed by atoms with Gasteiger partial charge in [0.25, 0.3) is 0 Å². The molecule has 1 aliphatic heterocycles. The van der Waals surface area contributed by atoms with Gasteiger partial charge in [0.05, 0.1) is 0 Å². The minimum absolute atomic E-state index is 0.113. The molecule has 8 heteroatoms. The smallest absolute Gasteiger partial charge is 0.292 e. The number of halogens is 3. The van der Waals surface area contributed by atoms with Crippen LogP contribution in [0.5, 0.6) is 0 Å². The molecule has 0 aliphatic carbocycles. The van der Waals surface area contributed by atoms with Crippen molar-refractivity contribution < 1.29 is 22.8 Å². The largest absolute Gasteiger partial charge is 0.544 e. The Morgan fingerprint density at radius 3 is 2.63 bits per heavy atom. The minimum atomic E-state index is -4.77. The van der Waals surface area contributed by atoms with Crippen LogP contribution in [0.4, 0.5) is 13.2 Å². The summed E-state index contributed by atoms with van der Waals surface area (Å²) in [7, 11) is 0. The standard InChI is InChI=1S/C11H10F3N3O2/c12-11(13,14)19-17-7-15-16(8-17)6-10(18)9-4-2-1-3-5-9/h1-5,7H,6,8H2. The topological polar surface area (TPSA) is 45.1 Å². The Bertz CT molecular complexity index is 476. The molecule has 102 valence electrons. The third-order valence-electron chi connectivity index (χ3n) is 2.29. The van der Waals surface area contributed by atoms with Crippen LogP contribution in [0.1, 0.15) is 10.4 Å². The van der Waals surface area contributed by atoms with E-state index >= 15 is 0 Å². The molecule has 1 aliphatic rings. The van der Waals surface area contributed by atoms with Crippen molar-refractivity contribution in [3.63, 3.8) is 0 Å². The molecule has 1 aromatic rings. The predicted octanol–water partition coefficient (Wildman–Crippen LogP) is 1.84. The van der Waals surface area contributed by atoms with E-state index in [0.717, 1.165) is 6.34 Å². The van der Waals surface area contributed by atoms with Gasteiger partial charge in [0.15, 0.2) is 5.78 Å². The molecule has 0 saturated carbocycles. The molecular formula is C11H10F3N3O2. The second-order valence-electron chi connectivity index (χ2n) is 3.78. The molecule has 0 fully saturated rings. The highest BCUT2D eigenvalue weighted by molar-refractivity contribution is 5.97. The van der Waals surface area contributed by atoms with Gasteiger partial charge in [-0.15, -0.1) is 13.2 Å². The van der Waals surface area contributed by atoms with E-state index in [1.807, 2.05) is 0 Å². The summed E-state index contributed by atoms with van der Waals surface area (Å²) in [5, 5.41) is 5.35. The maximum absolute atomic E-state index is 12.0. The van der Waals surface area contributed by atoms with Crippen molar-refractivity contribution in [3.8, 4) is 0 Å². The first kappa shape index (κ1) is 13.3. The number of Topliss-reactive ketones (excluding diaryl/α,β-unsaturated/α-hetero) is 1. The molecule has 0 radical (unpaired) electrons. The lowest BCUT2D eigenvalue weighted by Gasteiger charge is -2.18. The Balaban J connectivity index is 1.86. The van der Waals surface area contributed by atoms with Crippen LogP contribution in [0.2, 0.25) is 0 Å². The quantitative estimate of drug-likeness (QED) is 0.785. The molecule has 2 rings (SSSR count). The fraction of sp³-hybridized carbons (Fsp3) is 0.273. The fourth-order valence-corrected chi connectivity index (χ4v) is 1.52. The molecule has 5 nitrogen and oxygen atoms in total. The summed E-state index contributed by atoms with van der Waals surface area (Å²) in [6.45, 7) is -0.365. The van der Waals surface area contributed by atoms with Gasteiger partial charge in [0, 0.05) is 5.56 Å². The molecule has 0 atom stereocenters. The number of rotatable bonds is 4. The average Bonchev–Trinajstić information content (AvgIpc) is 2.75. The summed E-state index contributed by atoms with van der Waals surface area (Å²) in [5.74, 6) is -0.230. The first-order chi connectivity index (χ1) is 8.94. The second-order valence-corrected chi connectivity index (χ2v) is 3.78. The number of benzene rings is 1. The van der Waals surface area contributed by atoms with Crippen LogP contribution in [-0.2, 0) is 4.84 Å². The van der Waals surface area contributed by atoms with Gasteiger partial charge in [-0.25, -0.2) is 5.06 Å². The summed E-state index contributed by atoms with van der Waals surface area (Å²) < 4.78 is 35.9. The average molecular weight is 273 g/mol. The van der Waals surface area contributed by atoms with Gasteiger partial charge in [-0.2, -0.15) is 9.94 Å². The van der Waals surface area contributed by atoms with Gasteiger partial charge >= 0.3 is 6.36 Å². The lowest BCUT2D eigenvalue weighted by Crippen LogP contribution is -2.34. The van der Waals surface area contributed by atoms with Crippen LogP contribution in [0.15, 0.2) is 35.4 Å². The van der Waals surface area contributed by atoms with E-state index in [9.17, 15) is 18.0 Å². The maximum Gasteiger partial charge on any atom is 0.544 e. The van der Waals surface area contributed by atoms with Gasteiger partial charge in [0.2, 0.25) is 0 Å². The highest BCUT2D eigenvalue weighted by Crippen LogP contribution is 2.19. The molecule has 0 bridgehead atoms. The number of hydrogen-bond acceptors (Lipinski definition) is 5. The van der Waals surface area contributed by atoms with Gasteiger partial charge < -0.3 is 0 Å². The van der Waals surface area contributed by atoms with Gasteiger partial charge in [-0.1, -0.05) is 30.3 Å². The number of carbonyl (C=O) groups is 1. The zero-order valence-electron chi connectivity index (χ0n) is 9.67. The molecule has 0 N–H and O–H groups in total. The molecular weight excluding hydrogens is 263 g/mol. The van der Waals surface area contributed by atoms with Crippen molar-refractivity contribution in [2.45, 2.75) is 6.36 Å². The molecule has 1 aromatic carbocycles. The van der Waals surface area contributed by atoms with Crippen LogP contribution in [0.25, 0.3) is 0 Å². The summed E-state index contributed by atoms with van der Waals surface area (Å²) in [4.78, 5) is 15.4. The third kappa shape index (κ3) is 3.95. The van der Waals surface area contributed by atoms with E-state index in [1.165, 1.54) is 5.01 Å². The van der Waals surface area contributed by atoms with Crippen molar-refractivity contribution in [1.82, 2.24) is 10.1 Å². The Morgan fingerprint density at radius 2 is 2.00 bits per heavy atom. The van der Waals surface area contributed by atoms with Crippen molar-refractivity contribution in [2.75, 3.05) is 13.2 Å². The number of ketones is 1. The Morgan fingerprint density at radius 1 is 1.32 bits per heavy atom. The molecule has 0 aromatic heterocycles. The van der Waals surface area contributed by atoms with Crippen molar-refractivity contribution >= 4 is 12.1 Å². The van der Waals surface area contributed by atoms with Crippen LogP contribution in [0.3, 0.4) is 0 Å². The van der Waals surface area contributed by atoms with E-state index in [-0.39, 0.29) is 19.0 Å². The maximum atomic E-state index is 12.0. The zero-order valence-corrected chi connectivity index (χ0v) is 9.67. The van der Waals surface area contributed by atoms with E-state index in [2.05, 4.69) is 9.94 Å². The third-order valence-corrected chi connectivity index (χ3v) is 2.29. The number of carbonyl (C=O) groups excluding carboxylic acids is 1. The highest BCUT2D eigenvalue weighted by Gasteiger charge is 2.34. The number of hydrazone groups is 1. The van der Waals surface area contributed by atoms with E-state index < -0.39 is 6.36 Å². The SMILES string of the molecule is O=C(CN1CN(OC(F)(F)F)C=N1)c1ccccc1. The lowest BCUT2D eigenvalue weighted by molar-refractivity contribution is -0.395. The van der Waals surface area contributed by atoms with Crippen LogP contribution >= 0.6 is 0 Å². The molecule has 0 amide bonds. The van der Waals surface area contributed by atoms with Crippen molar-refractivity contribution in [2.24, 2.45) is 5.10 Å². The van der Waals surface area contributed by atoms with Gasteiger partial charge in [0.1, 0.15) is 19.6 Å². The second kappa shape index (κ2) is 5.27. The van der Waals surface area contributed by atoms with E-state index in [1.54, 1.807) is 30.3 Å². The van der Waals surface area contributed by atoms with Gasteiger partial charge in [-0.05, 0) is 0 Å². The lowest BCUT2D eigenvalue weighted by atomic mass is 10.1. The first-order valence-electron chi connectivity index (χ1n) is 5.34. The summed E-state index contributed by atoms with van der Waals surface area (Å²) in [5.41, 5.74) is 0.480. The Hall–Kier alpha value is -2.09. The highest BCUT2D eigenvalue weighted by atomic mass is 19.4. The Labute approximate surface area is 106 Å². The zero-order chi connectivity index (χ0) is 13.9. The first-order valence-corrected chi connectivity index (χ1v) is 5.34. The number of hydroxylamine groups is 2. The molecule has 0 unspecified atom stereocenters. The normalized spacial score (nSPS) is 15.1. The number of hydrogen-bond donors (Lipinski definition) is 0. The van der Waals surface area contributed by atoms with Crippen LogP contribution in [0, 0.1) is 0 Å². The van der Waals surface area contributed by atoms with Crippen molar-refractivity contribution in [3.05, 3.63) is 35.9 Å². The number of nitrogens with zero attached hydrogens (tertiary/aromatic N) is 3. The van der Waals surface area contributed by atoms with Gasteiger partial charge in [-0.3, -0.25) is 9.80 Å². The molecule has 0 spiro atoms. The van der Waals surface area contributed by atoms with E-state index in [0.29, 0.717) is 10.6 Å². The molecule has 19 heavy (non-hydrogen) atoms. The fourth-order valence-electron chi connectivity index (χ4n) is 1.52. The van der Waals surface area contributed by atoms with Crippen molar-refractivity contribution in [1.29, 1.82) is 0 Å². The Kier molecular flexibility index (Phi) is 3.70. The van der Waals surface area contributed by atoms with E-state index in [4.69, 9.17) is 0 Å². The minimum Gasteiger partial charge on any atom is -0.292 e. The predicted molar refractivity (Wildman–Crippen MR) is 59.8 cm³/mol. The monoisotopic (exact) mass is 273 g/mol. The van der Waals surface area contributed by atoms with Crippen LogP contribution < -0.4 is 0 Å². The summed E-state index contributed by atoms with van der Waals surface area (Å²) >= 11 is 0. The molecule has 1 heterocycles. The van der Waals surface area contributed by atoms with Crippen LogP contribution in [-0.4, -0.2) is 41.8 Å². The summed E-state index contributed by atoms with van der Waals surface area (Å²) in [6, 6.07) is 8.45. The molecule has 0 saturated heterocycles.